The van der Waals surface area contributed by atoms with Crippen molar-refractivity contribution in [3.05, 3.63) is 16.8 Å². The predicted molar refractivity (Wildman–Crippen MR) is 93.1 cm³/mol. The molecule has 0 aliphatic heterocycles. The largest absolute Gasteiger partial charge is 0.479 e. The normalized spacial score (nSPS) is 19.5. The molecule has 1 N–H and O–H groups in total. The van der Waals surface area contributed by atoms with E-state index >= 15 is 0 Å². The maximum Gasteiger partial charge on any atom is 0.242 e. The van der Waals surface area contributed by atoms with Crippen molar-refractivity contribution in [2.75, 3.05) is 13.7 Å². The van der Waals surface area contributed by atoms with Gasteiger partial charge in [-0.1, -0.05) is 6.92 Å². The van der Waals surface area contributed by atoms with Crippen LogP contribution >= 0.6 is 0 Å². The van der Waals surface area contributed by atoms with Gasteiger partial charge in [0.05, 0.1) is 12.5 Å². The van der Waals surface area contributed by atoms with Crippen LogP contribution in [0.3, 0.4) is 0 Å². The maximum atomic E-state index is 12.1. The minimum atomic E-state index is 0.117. The number of methoxy groups -OCH3 is 1. The number of pyridine rings is 1. The quantitative estimate of drug-likeness (QED) is 0.882. The molecule has 0 saturated heterocycles. The summed E-state index contributed by atoms with van der Waals surface area (Å²) in [6.07, 6.45) is 2.41. The summed E-state index contributed by atoms with van der Waals surface area (Å²) in [4.78, 5) is 16.8. The Hall–Kier alpha value is -2.11. The highest BCUT2D eigenvalue weighted by atomic mass is 16.5. The van der Waals surface area contributed by atoms with E-state index in [-0.39, 0.29) is 5.91 Å². The van der Waals surface area contributed by atoms with Gasteiger partial charge in [-0.15, -0.1) is 5.10 Å². The zero-order chi connectivity index (χ0) is 17.4. The lowest BCUT2D eigenvalue weighted by Gasteiger charge is -2.11. The summed E-state index contributed by atoms with van der Waals surface area (Å²) in [5, 5.41) is 8.35. The molecule has 6 nitrogen and oxygen atoms in total. The predicted octanol–water partition coefficient (Wildman–Crippen LogP) is 2.30. The summed E-state index contributed by atoms with van der Waals surface area (Å²) in [6, 6.07) is 0. The highest BCUT2D eigenvalue weighted by Gasteiger charge is 2.32. The fourth-order valence-electron chi connectivity index (χ4n) is 3.36. The van der Waals surface area contributed by atoms with Gasteiger partial charge in [0.1, 0.15) is 0 Å². The number of nitrogens with one attached hydrogen (secondary N) is 1. The Morgan fingerprint density at radius 2 is 2.12 bits per heavy atom. The topological polar surface area (TPSA) is 69.0 Å². The van der Waals surface area contributed by atoms with Crippen LogP contribution in [0.4, 0.5) is 0 Å². The molecule has 0 spiro atoms. The van der Waals surface area contributed by atoms with Crippen LogP contribution < -0.4 is 10.1 Å². The number of aromatic nitrogens is 3. The van der Waals surface area contributed by atoms with Crippen LogP contribution in [0.5, 0.6) is 5.88 Å². The third-order valence-electron chi connectivity index (χ3n) is 5.16. The molecule has 0 unspecified atom stereocenters. The molecule has 0 radical (unpaired) electrons. The molecule has 6 heteroatoms. The van der Waals surface area contributed by atoms with Crippen molar-refractivity contribution in [1.29, 1.82) is 0 Å². The maximum absolute atomic E-state index is 12.1. The van der Waals surface area contributed by atoms with E-state index in [2.05, 4.69) is 29.2 Å². The van der Waals surface area contributed by atoms with E-state index in [4.69, 9.17) is 4.74 Å². The Bertz CT molecular complexity index is 781. The van der Waals surface area contributed by atoms with Crippen LogP contribution in [0.2, 0.25) is 0 Å². The molecule has 0 bridgehead atoms. The molecular formula is C18H26N4O2. The highest BCUT2D eigenvalue weighted by Crippen LogP contribution is 2.36. The molecule has 1 saturated carbocycles. The Morgan fingerprint density at radius 3 is 2.75 bits per heavy atom. The number of ether oxygens (including phenoxy) is 1. The molecule has 1 aliphatic carbocycles. The first-order valence-corrected chi connectivity index (χ1v) is 8.55. The van der Waals surface area contributed by atoms with Crippen molar-refractivity contribution < 1.29 is 9.53 Å². The molecule has 1 amide bonds. The number of rotatable bonds is 6. The molecule has 3 rings (SSSR count). The summed E-state index contributed by atoms with van der Waals surface area (Å²) in [5.74, 6) is 2.15. The number of hydrogen-bond acceptors (Lipinski definition) is 4. The van der Waals surface area contributed by atoms with Gasteiger partial charge >= 0.3 is 0 Å². The minimum absolute atomic E-state index is 0.117. The molecule has 1 fully saturated rings. The van der Waals surface area contributed by atoms with E-state index in [0.29, 0.717) is 24.6 Å². The summed E-state index contributed by atoms with van der Waals surface area (Å²) >= 11 is 0. The van der Waals surface area contributed by atoms with Crippen LogP contribution in [0.25, 0.3) is 11.0 Å². The van der Waals surface area contributed by atoms with Gasteiger partial charge in [-0.2, -0.15) is 0 Å². The second-order valence-corrected chi connectivity index (χ2v) is 6.91. The third kappa shape index (κ3) is 3.09. The minimum Gasteiger partial charge on any atom is -0.479 e. The van der Waals surface area contributed by atoms with E-state index in [1.807, 2.05) is 14.0 Å². The highest BCUT2D eigenvalue weighted by molar-refractivity contribution is 5.86. The zero-order valence-electron chi connectivity index (χ0n) is 15.1. The molecule has 2 heterocycles. The van der Waals surface area contributed by atoms with Crippen molar-refractivity contribution in [2.24, 2.45) is 18.9 Å². The lowest BCUT2D eigenvalue weighted by atomic mass is 10.00. The molecule has 2 aromatic rings. The van der Waals surface area contributed by atoms with E-state index in [0.717, 1.165) is 40.3 Å². The smallest absolute Gasteiger partial charge is 0.242 e. The molecule has 2 atom stereocenters. The Morgan fingerprint density at radius 1 is 1.42 bits per heavy atom. The van der Waals surface area contributed by atoms with Crippen LogP contribution in [0, 0.1) is 25.7 Å². The van der Waals surface area contributed by atoms with Gasteiger partial charge in [-0.3, -0.25) is 4.79 Å². The standard InChI is InChI=1S/C18H26N4O2/c1-10-8-13(10)9-19-15(23)7-6-14-11(2)16-17(20-12(14)3)22(4)21-18(16)24-5/h10,13H,6-9H2,1-5H3,(H,19,23)/t10-,13+/m1/s1. The fraction of sp³-hybridized carbons (Fsp3) is 0.611. The van der Waals surface area contributed by atoms with E-state index in [9.17, 15) is 4.79 Å². The van der Waals surface area contributed by atoms with Crippen molar-refractivity contribution in [3.63, 3.8) is 0 Å². The van der Waals surface area contributed by atoms with Gasteiger partial charge < -0.3 is 10.1 Å². The summed E-state index contributed by atoms with van der Waals surface area (Å²) in [7, 11) is 3.48. The first kappa shape index (κ1) is 16.7. The van der Waals surface area contributed by atoms with Crippen LogP contribution in [-0.4, -0.2) is 34.3 Å². The zero-order valence-corrected chi connectivity index (χ0v) is 15.1. The number of carbonyl (C=O) groups excluding carboxylic acids is 1. The van der Waals surface area contributed by atoms with Crippen LogP contribution in [-0.2, 0) is 18.3 Å². The number of amides is 1. The van der Waals surface area contributed by atoms with Crippen molar-refractivity contribution in [1.82, 2.24) is 20.1 Å². The fourth-order valence-corrected chi connectivity index (χ4v) is 3.36. The number of hydrogen-bond donors (Lipinski definition) is 1. The van der Waals surface area contributed by atoms with E-state index in [1.54, 1.807) is 11.8 Å². The lowest BCUT2D eigenvalue weighted by molar-refractivity contribution is -0.121. The second kappa shape index (κ2) is 6.42. The van der Waals surface area contributed by atoms with Gasteiger partial charge in [0.25, 0.3) is 0 Å². The molecule has 0 aromatic carbocycles. The Balaban J connectivity index is 1.75. The third-order valence-corrected chi connectivity index (χ3v) is 5.16. The number of carbonyl (C=O) groups is 1. The monoisotopic (exact) mass is 330 g/mol. The summed E-state index contributed by atoms with van der Waals surface area (Å²) in [5.41, 5.74) is 3.99. The first-order chi connectivity index (χ1) is 11.4. The SMILES string of the molecule is COc1nn(C)c2nc(C)c(CCC(=O)NC[C@@H]3C[C@H]3C)c(C)c12. The molecule has 1 aliphatic rings. The lowest BCUT2D eigenvalue weighted by Crippen LogP contribution is -2.26. The van der Waals surface area contributed by atoms with E-state index < -0.39 is 0 Å². The van der Waals surface area contributed by atoms with Gasteiger partial charge in [-0.25, -0.2) is 9.67 Å². The van der Waals surface area contributed by atoms with Crippen molar-refractivity contribution in [2.45, 2.75) is 40.0 Å². The molecule has 130 valence electrons. The van der Waals surface area contributed by atoms with Crippen molar-refractivity contribution in [3.8, 4) is 5.88 Å². The second-order valence-electron chi connectivity index (χ2n) is 6.91. The molecule has 2 aromatic heterocycles. The summed E-state index contributed by atoms with van der Waals surface area (Å²) < 4.78 is 7.12. The Labute approximate surface area is 142 Å². The van der Waals surface area contributed by atoms with Gasteiger partial charge in [-0.05, 0) is 49.7 Å². The summed E-state index contributed by atoms with van der Waals surface area (Å²) in [6.45, 7) is 7.09. The number of nitrogens with zero attached hydrogens (tertiary/aromatic N) is 3. The number of aryl methyl sites for hydroxylation is 3. The van der Waals surface area contributed by atoms with Crippen LogP contribution in [0.1, 0.15) is 36.6 Å². The van der Waals surface area contributed by atoms with Gasteiger partial charge in [0.15, 0.2) is 5.65 Å². The Kier molecular flexibility index (Phi) is 4.47. The first-order valence-electron chi connectivity index (χ1n) is 8.55. The number of fused-ring (bicyclic) bond motifs is 1. The van der Waals surface area contributed by atoms with Gasteiger partial charge in [0, 0.05) is 25.7 Å². The van der Waals surface area contributed by atoms with Gasteiger partial charge in [0.2, 0.25) is 11.8 Å². The molecule has 24 heavy (non-hydrogen) atoms. The average Bonchev–Trinajstić information content (AvgIpc) is 3.16. The van der Waals surface area contributed by atoms with E-state index in [1.165, 1.54) is 6.42 Å². The van der Waals surface area contributed by atoms with Crippen molar-refractivity contribution >= 4 is 16.9 Å². The van der Waals surface area contributed by atoms with Crippen LogP contribution in [0.15, 0.2) is 0 Å². The molecular weight excluding hydrogens is 304 g/mol. The average molecular weight is 330 g/mol.